The number of nitrogens with two attached hydrogens (primary N) is 1. The second kappa shape index (κ2) is 5.28. The van der Waals surface area contributed by atoms with Gasteiger partial charge in [-0.2, -0.15) is 0 Å². The van der Waals surface area contributed by atoms with E-state index in [1.54, 1.807) is 10.9 Å². The van der Waals surface area contributed by atoms with Crippen LogP contribution >= 0.6 is 0 Å². The quantitative estimate of drug-likeness (QED) is 0.772. The van der Waals surface area contributed by atoms with Crippen molar-refractivity contribution in [2.24, 2.45) is 17.6 Å². The van der Waals surface area contributed by atoms with Gasteiger partial charge in [-0.15, -0.1) is 5.10 Å². The number of rotatable bonds is 7. The van der Waals surface area contributed by atoms with Crippen molar-refractivity contribution >= 4 is 5.91 Å². The Hall–Kier alpha value is -1.43. The highest BCUT2D eigenvalue weighted by molar-refractivity contribution is 5.76. The van der Waals surface area contributed by atoms with Gasteiger partial charge in [0, 0.05) is 19.6 Å². The van der Waals surface area contributed by atoms with E-state index in [-0.39, 0.29) is 12.5 Å². The zero-order valence-electron chi connectivity index (χ0n) is 11.2. The molecule has 2 aliphatic carbocycles. The normalized spacial score (nSPS) is 18.6. The molecule has 0 saturated heterocycles. The van der Waals surface area contributed by atoms with E-state index in [0.29, 0.717) is 6.54 Å². The molecule has 0 aromatic carbocycles. The number of aromatic nitrogens is 3. The van der Waals surface area contributed by atoms with Crippen molar-refractivity contribution < 1.29 is 4.79 Å². The van der Waals surface area contributed by atoms with Crippen LogP contribution in [0.3, 0.4) is 0 Å². The van der Waals surface area contributed by atoms with E-state index in [2.05, 4.69) is 10.3 Å². The van der Waals surface area contributed by atoms with Crippen LogP contribution in [0.4, 0.5) is 0 Å². The highest BCUT2D eigenvalue weighted by Crippen LogP contribution is 2.33. The minimum Gasteiger partial charge on any atom is -0.341 e. The topological polar surface area (TPSA) is 77.0 Å². The molecule has 0 spiro atoms. The molecule has 1 amide bonds. The largest absolute Gasteiger partial charge is 0.341 e. The van der Waals surface area contributed by atoms with Gasteiger partial charge in [-0.3, -0.25) is 4.79 Å². The molecule has 0 bridgehead atoms. The van der Waals surface area contributed by atoms with Crippen LogP contribution in [0.15, 0.2) is 6.20 Å². The zero-order valence-corrected chi connectivity index (χ0v) is 11.2. The molecule has 2 fully saturated rings. The second-order valence-corrected chi connectivity index (χ2v) is 5.80. The highest BCUT2D eigenvalue weighted by atomic mass is 16.2. The van der Waals surface area contributed by atoms with Gasteiger partial charge >= 0.3 is 0 Å². The van der Waals surface area contributed by atoms with E-state index in [1.165, 1.54) is 25.7 Å². The lowest BCUT2D eigenvalue weighted by atomic mass is 10.3. The summed E-state index contributed by atoms with van der Waals surface area (Å²) in [5.41, 5.74) is 6.22. The zero-order chi connectivity index (χ0) is 13.2. The lowest BCUT2D eigenvalue weighted by Gasteiger charge is -2.22. The van der Waals surface area contributed by atoms with Crippen molar-refractivity contribution in [3.63, 3.8) is 0 Å². The van der Waals surface area contributed by atoms with Crippen LogP contribution in [0.25, 0.3) is 0 Å². The first kappa shape index (κ1) is 12.6. The molecule has 1 heterocycles. The second-order valence-electron chi connectivity index (χ2n) is 5.80. The minimum atomic E-state index is 0.160. The summed E-state index contributed by atoms with van der Waals surface area (Å²) in [7, 11) is 0. The van der Waals surface area contributed by atoms with Gasteiger partial charge in [-0.05, 0) is 37.5 Å². The van der Waals surface area contributed by atoms with Crippen LogP contribution in [0.2, 0.25) is 0 Å². The van der Waals surface area contributed by atoms with Gasteiger partial charge in [0.15, 0.2) is 0 Å². The lowest BCUT2D eigenvalue weighted by molar-refractivity contribution is -0.132. The molecule has 6 nitrogen and oxygen atoms in total. The number of hydrogen-bond acceptors (Lipinski definition) is 4. The third-order valence-electron chi connectivity index (χ3n) is 3.80. The number of hydrogen-bond donors (Lipinski definition) is 1. The molecular weight excluding hydrogens is 242 g/mol. The van der Waals surface area contributed by atoms with Gasteiger partial charge in [0.1, 0.15) is 6.54 Å². The van der Waals surface area contributed by atoms with E-state index in [9.17, 15) is 4.79 Å². The number of amides is 1. The molecule has 1 aromatic heterocycles. The van der Waals surface area contributed by atoms with Gasteiger partial charge in [0.2, 0.25) is 5.91 Å². The van der Waals surface area contributed by atoms with Gasteiger partial charge in [0.25, 0.3) is 0 Å². The fourth-order valence-corrected chi connectivity index (χ4v) is 2.25. The summed E-state index contributed by atoms with van der Waals surface area (Å²) < 4.78 is 1.59. The summed E-state index contributed by atoms with van der Waals surface area (Å²) in [5.74, 6) is 1.63. The Morgan fingerprint density at radius 2 is 1.95 bits per heavy atom. The summed E-state index contributed by atoms with van der Waals surface area (Å²) in [6, 6.07) is 0. The van der Waals surface area contributed by atoms with Gasteiger partial charge in [0.05, 0.1) is 11.9 Å². The molecule has 2 saturated carbocycles. The van der Waals surface area contributed by atoms with Gasteiger partial charge in [-0.1, -0.05) is 5.21 Å². The van der Waals surface area contributed by atoms with Crippen LogP contribution in [-0.2, 0) is 17.9 Å². The van der Waals surface area contributed by atoms with Crippen LogP contribution in [-0.4, -0.2) is 38.9 Å². The Morgan fingerprint density at radius 1 is 1.32 bits per heavy atom. The lowest BCUT2D eigenvalue weighted by Crippen LogP contribution is -2.37. The summed E-state index contributed by atoms with van der Waals surface area (Å²) >= 11 is 0. The fourth-order valence-electron chi connectivity index (χ4n) is 2.25. The molecule has 0 aliphatic heterocycles. The number of nitrogens with zero attached hydrogens (tertiary/aromatic N) is 4. The molecule has 0 radical (unpaired) electrons. The molecule has 0 atom stereocenters. The van der Waals surface area contributed by atoms with E-state index < -0.39 is 0 Å². The van der Waals surface area contributed by atoms with Crippen LogP contribution in [0, 0.1) is 11.8 Å². The van der Waals surface area contributed by atoms with Crippen molar-refractivity contribution in [3.05, 3.63) is 11.9 Å². The maximum absolute atomic E-state index is 12.3. The third kappa shape index (κ3) is 3.53. The summed E-state index contributed by atoms with van der Waals surface area (Å²) in [4.78, 5) is 14.4. The van der Waals surface area contributed by atoms with E-state index in [1.807, 2.05) is 4.90 Å². The molecule has 2 aliphatic rings. The third-order valence-corrected chi connectivity index (χ3v) is 3.80. The molecule has 19 heavy (non-hydrogen) atoms. The van der Waals surface area contributed by atoms with Crippen molar-refractivity contribution in [3.8, 4) is 0 Å². The average Bonchev–Trinajstić information content (AvgIpc) is 3.32. The average molecular weight is 263 g/mol. The maximum atomic E-state index is 12.3. The summed E-state index contributed by atoms with van der Waals surface area (Å²) in [5, 5.41) is 7.85. The molecule has 6 heteroatoms. The van der Waals surface area contributed by atoms with Gasteiger partial charge < -0.3 is 10.6 Å². The highest BCUT2D eigenvalue weighted by Gasteiger charge is 2.31. The Bertz CT molecular complexity index is 436. The predicted octanol–water partition coefficient (Wildman–Crippen LogP) is 0.385. The first-order valence-electron chi connectivity index (χ1n) is 7.11. The van der Waals surface area contributed by atoms with Crippen LogP contribution in [0.1, 0.15) is 31.4 Å². The Balaban J connectivity index is 1.57. The first-order valence-corrected chi connectivity index (χ1v) is 7.11. The molecule has 1 aromatic rings. The van der Waals surface area contributed by atoms with Crippen molar-refractivity contribution in [1.29, 1.82) is 0 Å². The van der Waals surface area contributed by atoms with Crippen molar-refractivity contribution in [1.82, 2.24) is 19.9 Å². The molecule has 3 rings (SSSR count). The molecular formula is C13H21N5O. The molecule has 104 valence electrons. The van der Waals surface area contributed by atoms with Crippen molar-refractivity contribution in [2.75, 3.05) is 13.1 Å². The Kier molecular flexibility index (Phi) is 3.50. The SMILES string of the molecule is NCc1cn(CC(=O)N(CC2CC2)CC2CC2)nn1. The maximum Gasteiger partial charge on any atom is 0.244 e. The first-order chi connectivity index (χ1) is 9.24. The van der Waals surface area contributed by atoms with E-state index in [0.717, 1.165) is 30.6 Å². The number of carbonyl (C=O) groups excluding carboxylic acids is 1. The Morgan fingerprint density at radius 3 is 2.42 bits per heavy atom. The van der Waals surface area contributed by atoms with E-state index in [4.69, 9.17) is 5.73 Å². The van der Waals surface area contributed by atoms with E-state index >= 15 is 0 Å². The van der Waals surface area contributed by atoms with Crippen LogP contribution in [0.5, 0.6) is 0 Å². The van der Waals surface area contributed by atoms with Crippen molar-refractivity contribution in [2.45, 2.75) is 38.8 Å². The molecule has 2 N–H and O–H groups in total. The Labute approximate surface area is 112 Å². The monoisotopic (exact) mass is 263 g/mol. The fraction of sp³-hybridized carbons (Fsp3) is 0.769. The number of carbonyl (C=O) groups is 1. The standard InChI is InChI=1S/C13H21N5O/c14-5-12-8-18(16-15-12)9-13(19)17(6-10-1-2-10)7-11-3-4-11/h8,10-11H,1-7,9,14H2. The van der Waals surface area contributed by atoms with Gasteiger partial charge in [-0.25, -0.2) is 4.68 Å². The predicted molar refractivity (Wildman–Crippen MR) is 69.9 cm³/mol. The summed E-state index contributed by atoms with van der Waals surface area (Å²) in [6.45, 7) is 2.50. The smallest absolute Gasteiger partial charge is 0.244 e. The van der Waals surface area contributed by atoms with Crippen LogP contribution < -0.4 is 5.73 Å². The summed E-state index contributed by atoms with van der Waals surface area (Å²) in [6.07, 6.45) is 6.85. The minimum absolute atomic E-state index is 0.160. The molecule has 0 unspecified atom stereocenters.